The number of benzene rings is 1. The molecule has 1 aromatic carbocycles. The smallest absolute Gasteiger partial charge is 0.225 e. The Morgan fingerprint density at radius 3 is 2.81 bits per heavy atom. The average Bonchev–Trinajstić information content (AvgIpc) is 2.30. The quantitative estimate of drug-likeness (QED) is 0.844. The second-order valence-corrected chi connectivity index (χ2v) is 3.55. The van der Waals surface area contributed by atoms with E-state index in [0.29, 0.717) is 17.9 Å². The number of ether oxygens (including phenoxy) is 2. The van der Waals surface area contributed by atoms with Crippen molar-refractivity contribution in [2.45, 2.75) is 19.3 Å². The van der Waals surface area contributed by atoms with E-state index in [9.17, 15) is 4.79 Å². The van der Waals surface area contributed by atoms with Gasteiger partial charge in [-0.2, -0.15) is 0 Å². The summed E-state index contributed by atoms with van der Waals surface area (Å²) in [6.45, 7) is 1.91. The molecule has 0 spiro atoms. The first-order chi connectivity index (χ1) is 7.74. The molecule has 0 aliphatic carbocycles. The molecule has 2 N–H and O–H groups in total. The standard InChI is InChI=1S/C12H13NO3/c1-2-8(12(13)14)9-4-3-5-10-11(9)16-7-6-15-10/h3-8H,2H2,1H3,(H2,13,14). The first-order valence-corrected chi connectivity index (χ1v) is 5.14. The van der Waals surface area contributed by atoms with Gasteiger partial charge in [0, 0.05) is 5.56 Å². The van der Waals surface area contributed by atoms with Crippen molar-refractivity contribution in [1.29, 1.82) is 0 Å². The Balaban J connectivity index is 2.45. The van der Waals surface area contributed by atoms with Crippen LogP contribution in [0.3, 0.4) is 0 Å². The Hall–Kier alpha value is -1.97. The molecular weight excluding hydrogens is 206 g/mol. The van der Waals surface area contributed by atoms with Gasteiger partial charge in [0.15, 0.2) is 11.5 Å². The highest BCUT2D eigenvalue weighted by Gasteiger charge is 2.23. The van der Waals surface area contributed by atoms with Crippen LogP contribution in [0.25, 0.3) is 0 Å². The Morgan fingerprint density at radius 1 is 1.38 bits per heavy atom. The first-order valence-electron chi connectivity index (χ1n) is 5.14. The van der Waals surface area contributed by atoms with Gasteiger partial charge >= 0.3 is 0 Å². The SMILES string of the molecule is CCC(C(N)=O)c1cccc2c1OC=CO2. The fourth-order valence-electron chi connectivity index (χ4n) is 1.80. The van der Waals surface area contributed by atoms with Crippen molar-refractivity contribution in [2.75, 3.05) is 0 Å². The third kappa shape index (κ3) is 1.74. The van der Waals surface area contributed by atoms with Gasteiger partial charge in [-0.1, -0.05) is 19.1 Å². The summed E-state index contributed by atoms with van der Waals surface area (Å²) in [5, 5.41) is 0. The predicted octanol–water partition coefficient (Wildman–Crippen LogP) is 1.91. The summed E-state index contributed by atoms with van der Waals surface area (Å²) in [5.74, 6) is 0.495. The van der Waals surface area contributed by atoms with Gasteiger partial charge in [0.05, 0.1) is 5.92 Å². The molecule has 4 heteroatoms. The number of amides is 1. The summed E-state index contributed by atoms with van der Waals surface area (Å²) >= 11 is 0. The molecule has 16 heavy (non-hydrogen) atoms. The van der Waals surface area contributed by atoms with Crippen molar-refractivity contribution in [1.82, 2.24) is 0 Å². The highest BCUT2D eigenvalue weighted by Crippen LogP contribution is 2.38. The van der Waals surface area contributed by atoms with Crippen LogP contribution < -0.4 is 15.2 Å². The molecular formula is C12H13NO3. The zero-order chi connectivity index (χ0) is 11.5. The molecule has 2 rings (SSSR count). The van der Waals surface area contributed by atoms with E-state index < -0.39 is 0 Å². The monoisotopic (exact) mass is 219 g/mol. The van der Waals surface area contributed by atoms with Crippen molar-refractivity contribution < 1.29 is 14.3 Å². The number of hydrogen-bond donors (Lipinski definition) is 1. The van der Waals surface area contributed by atoms with Gasteiger partial charge in [0.1, 0.15) is 12.5 Å². The normalized spacial score (nSPS) is 14.6. The largest absolute Gasteiger partial charge is 0.458 e. The molecule has 1 amide bonds. The molecule has 1 aliphatic heterocycles. The van der Waals surface area contributed by atoms with Crippen LogP contribution in [0, 0.1) is 0 Å². The minimum atomic E-state index is -0.353. The van der Waals surface area contributed by atoms with Gasteiger partial charge in [0.2, 0.25) is 5.91 Å². The summed E-state index contributed by atoms with van der Waals surface area (Å²) in [6, 6.07) is 5.44. The number of para-hydroxylation sites is 1. The number of carbonyl (C=O) groups excluding carboxylic acids is 1. The molecule has 84 valence electrons. The number of carbonyl (C=O) groups is 1. The van der Waals surface area contributed by atoms with E-state index >= 15 is 0 Å². The Morgan fingerprint density at radius 2 is 2.12 bits per heavy atom. The number of rotatable bonds is 3. The lowest BCUT2D eigenvalue weighted by atomic mass is 9.94. The van der Waals surface area contributed by atoms with Crippen LogP contribution in [0.2, 0.25) is 0 Å². The Kier molecular flexibility index (Phi) is 2.81. The lowest BCUT2D eigenvalue weighted by Crippen LogP contribution is -2.21. The third-order valence-electron chi connectivity index (χ3n) is 2.57. The minimum absolute atomic E-state index is 0.343. The second-order valence-electron chi connectivity index (χ2n) is 3.55. The zero-order valence-corrected chi connectivity index (χ0v) is 8.97. The van der Waals surface area contributed by atoms with Crippen LogP contribution in [0.15, 0.2) is 30.7 Å². The summed E-state index contributed by atoms with van der Waals surface area (Å²) < 4.78 is 10.7. The summed E-state index contributed by atoms with van der Waals surface area (Å²) in [7, 11) is 0. The molecule has 1 atom stereocenters. The third-order valence-corrected chi connectivity index (χ3v) is 2.57. The lowest BCUT2D eigenvalue weighted by molar-refractivity contribution is -0.119. The van der Waals surface area contributed by atoms with Gasteiger partial charge in [-0.3, -0.25) is 4.79 Å². The number of fused-ring (bicyclic) bond motifs is 1. The van der Waals surface area contributed by atoms with Crippen LogP contribution in [0.4, 0.5) is 0 Å². The average molecular weight is 219 g/mol. The molecule has 1 heterocycles. The topological polar surface area (TPSA) is 61.6 Å². The van der Waals surface area contributed by atoms with E-state index in [4.69, 9.17) is 15.2 Å². The fraction of sp³-hybridized carbons (Fsp3) is 0.250. The fourth-order valence-corrected chi connectivity index (χ4v) is 1.80. The van der Waals surface area contributed by atoms with Gasteiger partial charge < -0.3 is 15.2 Å². The maximum atomic E-state index is 11.3. The van der Waals surface area contributed by atoms with Crippen molar-refractivity contribution in [3.63, 3.8) is 0 Å². The van der Waals surface area contributed by atoms with Crippen LogP contribution in [-0.2, 0) is 4.79 Å². The molecule has 1 aromatic rings. The van der Waals surface area contributed by atoms with Gasteiger partial charge in [0.25, 0.3) is 0 Å². The van der Waals surface area contributed by atoms with Crippen LogP contribution in [-0.4, -0.2) is 5.91 Å². The van der Waals surface area contributed by atoms with E-state index in [-0.39, 0.29) is 11.8 Å². The second kappa shape index (κ2) is 4.26. The van der Waals surface area contributed by atoms with Crippen molar-refractivity contribution in [3.8, 4) is 11.5 Å². The molecule has 0 fully saturated rings. The minimum Gasteiger partial charge on any atom is -0.458 e. The maximum absolute atomic E-state index is 11.3. The van der Waals surface area contributed by atoms with E-state index in [1.54, 1.807) is 6.07 Å². The van der Waals surface area contributed by atoms with Crippen molar-refractivity contribution in [3.05, 3.63) is 36.3 Å². The number of nitrogens with two attached hydrogens (primary N) is 1. The Labute approximate surface area is 93.7 Å². The molecule has 0 saturated carbocycles. The Bertz CT molecular complexity index is 440. The summed E-state index contributed by atoms with van der Waals surface area (Å²) in [5.41, 5.74) is 6.13. The number of primary amides is 1. The highest BCUT2D eigenvalue weighted by molar-refractivity contribution is 5.83. The molecule has 4 nitrogen and oxygen atoms in total. The van der Waals surface area contributed by atoms with E-state index in [0.717, 1.165) is 5.56 Å². The molecule has 1 aliphatic rings. The van der Waals surface area contributed by atoms with Crippen molar-refractivity contribution >= 4 is 5.91 Å². The highest BCUT2D eigenvalue weighted by atomic mass is 16.5. The molecule has 0 aromatic heterocycles. The molecule has 0 radical (unpaired) electrons. The molecule has 1 unspecified atom stereocenters. The summed E-state index contributed by atoms with van der Waals surface area (Å²) in [6.07, 6.45) is 3.54. The zero-order valence-electron chi connectivity index (χ0n) is 8.97. The van der Waals surface area contributed by atoms with Crippen molar-refractivity contribution in [2.24, 2.45) is 5.73 Å². The predicted molar refractivity (Wildman–Crippen MR) is 59.1 cm³/mol. The summed E-state index contributed by atoms with van der Waals surface area (Å²) in [4.78, 5) is 11.3. The number of hydrogen-bond acceptors (Lipinski definition) is 3. The van der Waals surface area contributed by atoms with E-state index in [1.165, 1.54) is 12.5 Å². The van der Waals surface area contributed by atoms with E-state index in [2.05, 4.69) is 0 Å². The van der Waals surface area contributed by atoms with Gasteiger partial charge in [-0.15, -0.1) is 0 Å². The van der Waals surface area contributed by atoms with Gasteiger partial charge in [-0.25, -0.2) is 0 Å². The molecule has 0 bridgehead atoms. The first kappa shape index (κ1) is 10.5. The van der Waals surface area contributed by atoms with Crippen LogP contribution in [0.1, 0.15) is 24.8 Å². The van der Waals surface area contributed by atoms with Gasteiger partial charge in [-0.05, 0) is 12.5 Å². The van der Waals surface area contributed by atoms with Crippen LogP contribution in [0.5, 0.6) is 11.5 Å². The van der Waals surface area contributed by atoms with Crippen LogP contribution >= 0.6 is 0 Å². The molecule has 0 saturated heterocycles. The maximum Gasteiger partial charge on any atom is 0.225 e. The lowest BCUT2D eigenvalue weighted by Gasteiger charge is -2.19. The van der Waals surface area contributed by atoms with E-state index in [1.807, 2.05) is 19.1 Å².